The number of rotatable bonds is 7. The van der Waals surface area contributed by atoms with E-state index in [1.54, 1.807) is 19.1 Å². The summed E-state index contributed by atoms with van der Waals surface area (Å²) in [5, 5.41) is 10.9. The molecule has 0 bridgehead atoms. The first-order valence-electron chi connectivity index (χ1n) is 8.47. The Labute approximate surface area is 155 Å². The zero-order valence-corrected chi connectivity index (χ0v) is 15.1. The van der Waals surface area contributed by atoms with E-state index >= 15 is 0 Å². The summed E-state index contributed by atoms with van der Waals surface area (Å²) in [5.74, 6) is 0.836. The molecule has 3 rings (SSSR count). The predicted molar refractivity (Wildman–Crippen MR) is 97.7 cm³/mol. The third kappa shape index (κ3) is 4.78. The monoisotopic (exact) mass is 368 g/mol. The van der Waals surface area contributed by atoms with Crippen LogP contribution in [0, 0.1) is 6.92 Å². The topological polar surface area (TPSA) is 104 Å². The van der Waals surface area contributed by atoms with Crippen LogP contribution in [0.3, 0.4) is 0 Å². The molecule has 9 heteroatoms. The van der Waals surface area contributed by atoms with E-state index in [0.29, 0.717) is 11.6 Å². The maximum atomic E-state index is 12.2. The molecular formula is C18H20N6O3. The smallest absolute Gasteiger partial charge is 0.266 e. The maximum Gasteiger partial charge on any atom is 0.266 e. The minimum Gasteiger partial charge on any atom is -0.481 e. The van der Waals surface area contributed by atoms with Gasteiger partial charge < -0.3 is 10.1 Å². The molecule has 27 heavy (non-hydrogen) atoms. The number of aromatic nitrogens is 5. The van der Waals surface area contributed by atoms with Crippen LogP contribution in [0.5, 0.6) is 5.75 Å². The number of hydrogen-bond acceptors (Lipinski definition) is 6. The second-order valence-corrected chi connectivity index (χ2v) is 5.96. The Balaban J connectivity index is 1.55. The number of benzene rings is 1. The van der Waals surface area contributed by atoms with Gasteiger partial charge >= 0.3 is 0 Å². The number of ether oxygens (including phenoxy) is 1. The van der Waals surface area contributed by atoms with Crippen molar-refractivity contribution in [2.45, 2.75) is 26.5 Å². The average molecular weight is 368 g/mol. The fourth-order valence-corrected chi connectivity index (χ4v) is 2.42. The summed E-state index contributed by atoms with van der Waals surface area (Å²) in [6.07, 6.45) is 2.22. The highest BCUT2D eigenvalue weighted by atomic mass is 16.5. The number of aryl methyl sites for hydroxylation is 1. The molecule has 1 unspecified atom stereocenters. The zero-order valence-electron chi connectivity index (χ0n) is 15.1. The Morgan fingerprint density at radius 1 is 1.30 bits per heavy atom. The van der Waals surface area contributed by atoms with Crippen LogP contribution in [-0.2, 0) is 11.3 Å². The van der Waals surface area contributed by atoms with Gasteiger partial charge in [-0.1, -0.05) is 12.1 Å². The van der Waals surface area contributed by atoms with Crippen molar-refractivity contribution in [2.75, 3.05) is 6.54 Å². The number of amides is 1. The number of carbonyl (C=O) groups excluding carboxylic acids is 1. The standard InChI is InChI=1S/C18H20N6O3/c1-13-4-3-5-15(10-13)27-14(2)18(26)20-8-9-23-17(25)7-6-16(22-23)24-12-19-11-21-24/h3-7,10-12,14H,8-9H2,1-2H3,(H,20,26). The van der Waals surface area contributed by atoms with Crippen LogP contribution in [0.1, 0.15) is 12.5 Å². The Morgan fingerprint density at radius 3 is 2.89 bits per heavy atom. The van der Waals surface area contributed by atoms with Gasteiger partial charge in [0.25, 0.3) is 11.5 Å². The van der Waals surface area contributed by atoms with Crippen molar-refractivity contribution in [3.05, 3.63) is 65.0 Å². The van der Waals surface area contributed by atoms with Crippen LogP contribution in [0.2, 0.25) is 0 Å². The molecule has 2 heterocycles. The second-order valence-electron chi connectivity index (χ2n) is 5.96. The Hall–Kier alpha value is -3.49. The SMILES string of the molecule is Cc1cccc(OC(C)C(=O)NCCn2nc(-n3cncn3)ccc2=O)c1. The highest BCUT2D eigenvalue weighted by molar-refractivity contribution is 5.80. The lowest BCUT2D eigenvalue weighted by atomic mass is 10.2. The van der Waals surface area contributed by atoms with E-state index in [1.165, 1.54) is 28.1 Å². The third-order valence-corrected chi connectivity index (χ3v) is 3.80. The first-order chi connectivity index (χ1) is 13.0. The van der Waals surface area contributed by atoms with Crippen molar-refractivity contribution in [2.24, 2.45) is 0 Å². The van der Waals surface area contributed by atoms with Gasteiger partial charge in [-0.05, 0) is 37.6 Å². The van der Waals surface area contributed by atoms with Gasteiger partial charge in [-0.2, -0.15) is 5.10 Å². The van der Waals surface area contributed by atoms with E-state index in [9.17, 15) is 9.59 Å². The summed E-state index contributed by atoms with van der Waals surface area (Å²) in [5.41, 5.74) is 0.787. The summed E-state index contributed by atoms with van der Waals surface area (Å²) in [6, 6.07) is 10.4. The van der Waals surface area contributed by atoms with Gasteiger partial charge in [-0.25, -0.2) is 14.3 Å². The first kappa shape index (κ1) is 18.3. The van der Waals surface area contributed by atoms with Gasteiger partial charge in [0.1, 0.15) is 18.4 Å². The number of nitrogens with one attached hydrogen (secondary N) is 1. The van der Waals surface area contributed by atoms with Crippen LogP contribution >= 0.6 is 0 Å². The lowest BCUT2D eigenvalue weighted by Crippen LogP contribution is -2.39. The molecule has 1 aromatic carbocycles. The molecule has 0 radical (unpaired) electrons. The second kappa shape index (κ2) is 8.26. The molecule has 1 N–H and O–H groups in total. The van der Waals surface area contributed by atoms with E-state index in [2.05, 4.69) is 20.5 Å². The number of carbonyl (C=O) groups is 1. The summed E-state index contributed by atoms with van der Waals surface area (Å²) >= 11 is 0. The molecule has 1 atom stereocenters. The highest BCUT2D eigenvalue weighted by Gasteiger charge is 2.14. The van der Waals surface area contributed by atoms with Crippen LogP contribution < -0.4 is 15.6 Å². The predicted octanol–water partition coefficient (Wildman–Crippen LogP) is 0.716. The van der Waals surface area contributed by atoms with Crippen LogP contribution in [-0.4, -0.2) is 43.1 Å². The lowest BCUT2D eigenvalue weighted by molar-refractivity contribution is -0.127. The normalized spacial score (nSPS) is 11.8. The third-order valence-electron chi connectivity index (χ3n) is 3.80. The van der Waals surface area contributed by atoms with Gasteiger partial charge in [0.05, 0.1) is 6.54 Å². The quantitative estimate of drug-likeness (QED) is 0.659. The van der Waals surface area contributed by atoms with Crippen LogP contribution in [0.4, 0.5) is 0 Å². The molecule has 0 fully saturated rings. The minimum atomic E-state index is -0.655. The molecule has 0 aliphatic rings. The summed E-state index contributed by atoms with van der Waals surface area (Å²) < 4.78 is 8.35. The van der Waals surface area contributed by atoms with E-state index < -0.39 is 6.10 Å². The molecule has 140 valence electrons. The molecule has 0 saturated carbocycles. The lowest BCUT2D eigenvalue weighted by Gasteiger charge is -2.15. The fourth-order valence-electron chi connectivity index (χ4n) is 2.42. The van der Waals surface area contributed by atoms with Crippen LogP contribution in [0.15, 0.2) is 53.8 Å². The first-order valence-corrected chi connectivity index (χ1v) is 8.47. The Morgan fingerprint density at radius 2 is 2.15 bits per heavy atom. The molecular weight excluding hydrogens is 348 g/mol. The summed E-state index contributed by atoms with van der Waals surface area (Å²) in [4.78, 5) is 28.0. The van der Waals surface area contributed by atoms with Gasteiger partial charge in [0, 0.05) is 12.6 Å². The molecule has 1 amide bonds. The van der Waals surface area contributed by atoms with Crippen molar-refractivity contribution in [3.63, 3.8) is 0 Å². The zero-order chi connectivity index (χ0) is 19.2. The fraction of sp³-hybridized carbons (Fsp3) is 0.278. The molecule has 2 aromatic heterocycles. The van der Waals surface area contributed by atoms with Crippen LogP contribution in [0.25, 0.3) is 5.82 Å². The average Bonchev–Trinajstić information content (AvgIpc) is 3.18. The van der Waals surface area contributed by atoms with Crippen molar-refractivity contribution >= 4 is 5.91 Å². The van der Waals surface area contributed by atoms with E-state index in [-0.39, 0.29) is 24.6 Å². The molecule has 3 aromatic rings. The van der Waals surface area contributed by atoms with Gasteiger partial charge in [0.2, 0.25) is 0 Å². The molecule has 0 aliphatic heterocycles. The largest absolute Gasteiger partial charge is 0.481 e. The number of nitrogens with zero attached hydrogens (tertiary/aromatic N) is 5. The maximum absolute atomic E-state index is 12.2. The molecule has 0 spiro atoms. The van der Waals surface area contributed by atoms with E-state index in [0.717, 1.165) is 5.56 Å². The van der Waals surface area contributed by atoms with E-state index in [4.69, 9.17) is 4.74 Å². The molecule has 0 aliphatic carbocycles. The van der Waals surface area contributed by atoms with Crippen molar-refractivity contribution < 1.29 is 9.53 Å². The molecule has 0 saturated heterocycles. The van der Waals surface area contributed by atoms with Gasteiger partial charge in [-0.3, -0.25) is 9.59 Å². The number of hydrogen-bond donors (Lipinski definition) is 1. The highest BCUT2D eigenvalue weighted by Crippen LogP contribution is 2.14. The van der Waals surface area contributed by atoms with E-state index in [1.807, 2.05) is 25.1 Å². The Bertz CT molecular complexity index is 967. The van der Waals surface area contributed by atoms with Crippen molar-refractivity contribution in [3.8, 4) is 11.6 Å². The van der Waals surface area contributed by atoms with Gasteiger partial charge in [0.15, 0.2) is 11.9 Å². The molecule has 9 nitrogen and oxygen atoms in total. The minimum absolute atomic E-state index is 0.226. The Kier molecular flexibility index (Phi) is 5.60. The van der Waals surface area contributed by atoms with Crippen molar-refractivity contribution in [1.29, 1.82) is 0 Å². The summed E-state index contributed by atoms with van der Waals surface area (Å²) in [6.45, 7) is 4.10. The summed E-state index contributed by atoms with van der Waals surface area (Å²) in [7, 11) is 0. The van der Waals surface area contributed by atoms with Gasteiger partial charge in [-0.15, -0.1) is 5.10 Å². The van der Waals surface area contributed by atoms with Crippen molar-refractivity contribution in [1.82, 2.24) is 29.9 Å².